The Morgan fingerprint density at radius 1 is 0.232 bits per heavy atom. The lowest BCUT2D eigenvalue weighted by Crippen LogP contribution is -2.45. The van der Waals surface area contributed by atoms with Crippen molar-refractivity contribution >= 4 is 66.2 Å². The summed E-state index contributed by atoms with van der Waals surface area (Å²) in [6, 6.07) is 96.6. The summed E-state index contributed by atoms with van der Waals surface area (Å²) in [7, 11) is 8.77. The van der Waals surface area contributed by atoms with Crippen LogP contribution in [0.15, 0.2) is 311 Å². The van der Waals surface area contributed by atoms with Gasteiger partial charge in [0, 0.05) is 79.0 Å². The molecule has 2 unspecified atom stereocenters. The van der Waals surface area contributed by atoms with E-state index in [2.05, 4.69) is 360 Å². The molecular formula is C123H96N12O3+4. The molecular weight excluding hydrogens is 1690 g/mol. The molecule has 0 saturated carbocycles. The van der Waals surface area contributed by atoms with Crippen LogP contribution < -0.4 is 18.3 Å². The van der Waals surface area contributed by atoms with Gasteiger partial charge in [0.1, 0.15) is 51.2 Å². The Hall–Kier alpha value is -16.3. The van der Waals surface area contributed by atoms with Crippen molar-refractivity contribution in [2.45, 2.75) is 110 Å². The summed E-state index contributed by atoms with van der Waals surface area (Å²) in [5.74, 6) is 1.25. The number of benzene rings is 11. The van der Waals surface area contributed by atoms with Crippen molar-refractivity contribution in [2.75, 3.05) is 0 Å². The van der Waals surface area contributed by atoms with E-state index in [1.165, 1.54) is 145 Å². The van der Waals surface area contributed by atoms with E-state index < -0.39 is 0 Å². The zero-order valence-corrected chi connectivity index (χ0v) is 79.0. The van der Waals surface area contributed by atoms with E-state index in [1.807, 2.05) is 51.6 Å². The summed E-state index contributed by atoms with van der Waals surface area (Å²) in [5.41, 5.74) is 55.5. The van der Waals surface area contributed by atoms with Crippen molar-refractivity contribution in [3.8, 4) is 45.0 Å². The molecule has 2 atom stereocenters. The van der Waals surface area contributed by atoms with E-state index in [0.29, 0.717) is 17.1 Å². The van der Waals surface area contributed by atoms with Crippen LogP contribution >= 0.6 is 0 Å². The Balaban J connectivity index is 0.0000000933. The molecule has 34 rings (SSSR count). The molecule has 0 radical (unpaired) electrons. The lowest BCUT2D eigenvalue weighted by Gasteiger charge is -2.38. The summed E-state index contributed by atoms with van der Waals surface area (Å²) < 4.78 is 28.9. The molecule has 0 amide bonds. The maximum Gasteiger partial charge on any atom is 0.235 e. The number of nitrogens with zero attached hydrogens (tertiary/aromatic N) is 12. The molecule has 11 aromatic heterocycles. The molecule has 22 aromatic rings. The van der Waals surface area contributed by atoms with Crippen LogP contribution in [0.2, 0.25) is 0 Å². The highest BCUT2D eigenvalue weighted by Gasteiger charge is 2.54. The Morgan fingerprint density at radius 2 is 0.572 bits per heavy atom. The maximum atomic E-state index is 6.50. The highest BCUT2D eigenvalue weighted by atomic mass is 16.3. The van der Waals surface area contributed by atoms with E-state index in [-0.39, 0.29) is 47.3 Å². The summed E-state index contributed by atoms with van der Waals surface area (Å²) in [6.45, 7) is 19.0. The molecule has 12 aliphatic carbocycles. The first-order valence-corrected chi connectivity index (χ1v) is 48.0. The fourth-order valence-electron chi connectivity index (χ4n) is 25.5. The topological polar surface area (TPSA) is 158 Å². The molecule has 11 heterocycles. The van der Waals surface area contributed by atoms with Gasteiger partial charge in [-0.2, -0.15) is 18.3 Å². The second-order valence-electron chi connectivity index (χ2n) is 39.1. The van der Waals surface area contributed by atoms with Gasteiger partial charge in [-0.25, -0.2) is 29.9 Å². The van der Waals surface area contributed by atoms with Crippen molar-refractivity contribution in [3.63, 3.8) is 0 Å². The van der Waals surface area contributed by atoms with Gasteiger partial charge in [-0.1, -0.05) is 206 Å². The number of rotatable bonds is 4. The number of aryl methyl sites for hydroxylation is 8. The predicted octanol–water partition coefficient (Wildman–Crippen LogP) is 24.3. The van der Waals surface area contributed by atoms with Crippen LogP contribution in [0.4, 0.5) is 0 Å². The summed E-state index contributed by atoms with van der Waals surface area (Å²) in [6.07, 6.45) is 9.79. The van der Waals surface area contributed by atoms with Crippen LogP contribution in [0.5, 0.6) is 0 Å². The first-order valence-electron chi connectivity index (χ1n) is 48.0. The third kappa shape index (κ3) is 11.5. The fraction of sp³-hybridized carbons (Fsp3) is 0.171. The van der Waals surface area contributed by atoms with Crippen molar-refractivity contribution in [1.29, 1.82) is 0 Å². The molecule has 138 heavy (non-hydrogen) atoms. The number of pyridine rings is 4. The standard InChI is InChI=1S/2C33H26N3O.C32H24N3O.C25H20N3/c1-17-15-18(2)27(32-26(17)24-14-13-19(3)35-33(24)37-32)25-16-34-30-28-20-9-5-7-11-22(20)29(31(30)36(25)4)23-12-8-6-10-21(23)28;1-17-15-25-24-14-13-18(2)35-33(24)37-32(25)27(19(17)3)26-16-34-30-28-20-9-5-7-11-22(20)29(31(30)36(26)4)23-12-8-6-10-21(23)28;1-17-12-14-23-24-15-13-18(2)34-32(24)36-31(23)26(17)25-16-33-29-27-19-8-4-6-10-21(19)28(30(29)35(25)3)22-11-7-5-9-20(22)27;1-15-7-3-4-8-16(15)20-12-11-19-21-17-9-5-6-10-18(17)22(25(19)28(20)2)24-23(21)26-13-14-27-24/h2*5-16,28-29H,1-4H3;4-16,27-28H,1-3H3;3-14,21-22H,1-2H3/q4*+1. The van der Waals surface area contributed by atoms with Crippen molar-refractivity contribution in [1.82, 2.24) is 39.9 Å². The highest BCUT2D eigenvalue weighted by Crippen LogP contribution is 2.60. The van der Waals surface area contributed by atoms with Gasteiger partial charge in [0.05, 0.1) is 88.1 Å². The second kappa shape index (κ2) is 30.4. The molecule has 15 heteroatoms. The van der Waals surface area contributed by atoms with E-state index in [0.717, 1.165) is 134 Å². The number of furan rings is 3. The Kier molecular flexibility index (Phi) is 17.9. The number of hydrogen-bond acceptors (Lipinski definition) is 11. The highest BCUT2D eigenvalue weighted by molar-refractivity contribution is 6.12. The van der Waals surface area contributed by atoms with Crippen LogP contribution in [0.1, 0.15) is 233 Å². The van der Waals surface area contributed by atoms with Crippen molar-refractivity contribution in [2.24, 2.45) is 28.2 Å². The third-order valence-corrected chi connectivity index (χ3v) is 31.7. The smallest absolute Gasteiger partial charge is 0.235 e. The first kappa shape index (κ1) is 81.3. The Bertz CT molecular complexity index is 8940. The first-order chi connectivity index (χ1) is 67.4. The average molecular weight is 1790 g/mol. The molecule has 0 aliphatic heterocycles. The minimum Gasteiger partial charge on any atom is -0.437 e. The summed E-state index contributed by atoms with van der Waals surface area (Å²) in [4.78, 5) is 39.2. The van der Waals surface area contributed by atoms with Crippen molar-refractivity contribution in [3.05, 3.63) is 483 Å². The van der Waals surface area contributed by atoms with Gasteiger partial charge in [0.15, 0.2) is 22.4 Å². The average Bonchev–Trinajstić information content (AvgIpc) is 1.06. The van der Waals surface area contributed by atoms with Gasteiger partial charge in [-0.3, -0.25) is 9.97 Å². The summed E-state index contributed by atoms with van der Waals surface area (Å²) >= 11 is 0. The largest absolute Gasteiger partial charge is 0.437 e. The van der Waals surface area contributed by atoms with Crippen LogP contribution in [0, 0.1) is 62.3 Å². The zero-order valence-electron chi connectivity index (χ0n) is 79.0. The lowest BCUT2D eigenvalue weighted by atomic mass is 9.64. The van der Waals surface area contributed by atoms with E-state index >= 15 is 0 Å². The monoisotopic (exact) mass is 1790 g/mol. The van der Waals surface area contributed by atoms with E-state index in [9.17, 15) is 0 Å². The van der Waals surface area contributed by atoms with Crippen LogP contribution in [-0.2, 0) is 28.2 Å². The van der Waals surface area contributed by atoms with Gasteiger partial charge >= 0.3 is 0 Å². The number of fused-ring (bicyclic) bond motifs is 9. The minimum atomic E-state index is 0.133. The minimum absolute atomic E-state index is 0.133. The summed E-state index contributed by atoms with van der Waals surface area (Å²) in [5, 5.41) is 6.50. The lowest BCUT2D eigenvalue weighted by molar-refractivity contribution is -0.670. The molecule has 0 saturated heterocycles. The van der Waals surface area contributed by atoms with Crippen LogP contribution in [0.25, 0.3) is 111 Å². The second-order valence-corrected chi connectivity index (χ2v) is 39.1. The SMILES string of the molecule is Cc1ccc2c(n1)oc1c(-c3cnc4c([n+]3C)C3c5ccccc5C4c4ccccc43)c(C)c(C)cc12.Cc1ccc2c(n1)oc1c(-c3cnc4c([n+]3C)C3c5ccccc5C4c4ccccc43)c(C)cc(C)c12.Cc1ccc2c(n1)oc1c(-c3cnc4c([n+]3C)C3c5ccccc5C4c4ccccc43)c(C)ccc12.Cc1ccccc1-c1ccc2c([n+]1C)C1c3ccccc3C2c2nccnc21. The Morgan fingerprint density at radius 3 is 1.01 bits per heavy atom. The maximum absolute atomic E-state index is 6.50. The predicted molar refractivity (Wildman–Crippen MR) is 538 cm³/mol. The quantitative estimate of drug-likeness (QED) is 0.154. The molecule has 12 aliphatic rings. The van der Waals surface area contributed by atoms with Crippen LogP contribution in [-0.4, -0.2) is 39.9 Å². The molecule has 0 spiro atoms. The van der Waals surface area contributed by atoms with Gasteiger partial charge in [-0.05, 0) is 228 Å². The van der Waals surface area contributed by atoms with Gasteiger partial charge < -0.3 is 13.3 Å². The zero-order chi connectivity index (χ0) is 93.0. The molecule has 0 fully saturated rings. The molecule has 662 valence electrons. The molecule has 11 aromatic carbocycles. The fourth-order valence-corrected chi connectivity index (χ4v) is 25.5. The van der Waals surface area contributed by atoms with Crippen molar-refractivity contribution < 1.29 is 31.5 Å². The van der Waals surface area contributed by atoms with Crippen LogP contribution in [0.3, 0.4) is 0 Å². The van der Waals surface area contributed by atoms with Gasteiger partial charge in [0.2, 0.25) is 57.0 Å². The third-order valence-electron chi connectivity index (χ3n) is 31.7. The van der Waals surface area contributed by atoms with Gasteiger partial charge in [0.25, 0.3) is 0 Å². The number of hydrogen-bond donors (Lipinski definition) is 0. The van der Waals surface area contributed by atoms with E-state index in [4.69, 9.17) is 48.1 Å². The van der Waals surface area contributed by atoms with Gasteiger partial charge in [-0.15, -0.1) is 0 Å². The van der Waals surface area contributed by atoms with E-state index in [1.54, 1.807) is 0 Å². The number of aromatic nitrogens is 12. The molecule has 15 nitrogen and oxygen atoms in total. The molecule has 0 N–H and O–H groups in total. The normalized spacial score (nSPS) is 17.5. The molecule has 8 bridgehead atoms. The Labute approximate surface area is 798 Å².